The molecule has 0 spiro atoms. The highest BCUT2D eigenvalue weighted by Gasteiger charge is 2.17. The number of rotatable bonds is 5. The maximum Gasteiger partial charge on any atom is 0.330 e. The van der Waals surface area contributed by atoms with E-state index < -0.39 is 5.97 Å². The zero-order valence-electron chi connectivity index (χ0n) is 14.2. The van der Waals surface area contributed by atoms with E-state index in [0.717, 1.165) is 20.7 Å². The largest absolute Gasteiger partial charge is 0.465 e. The third kappa shape index (κ3) is 2.90. The van der Waals surface area contributed by atoms with Crippen molar-refractivity contribution < 1.29 is 9.53 Å². The average molecular weight is 367 g/mol. The highest BCUT2D eigenvalue weighted by atomic mass is 32.1. The molecule has 26 heavy (non-hydrogen) atoms. The molecular formula is C19H17N3O3S. The first-order valence-corrected chi connectivity index (χ1v) is 9.17. The van der Waals surface area contributed by atoms with Crippen LogP contribution in [0.5, 0.6) is 0 Å². The zero-order valence-corrected chi connectivity index (χ0v) is 15.0. The summed E-state index contributed by atoms with van der Waals surface area (Å²) in [4.78, 5) is 29.4. The van der Waals surface area contributed by atoms with Crippen molar-refractivity contribution >= 4 is 38.6 Å². The topological polar surface area (TPSA) is 66.1 Å². The molecular weight excluding hydrogens is 350 g/mol. The number of hydrogen-bond acceptors (Lipinski definition) is 5. The number of benzene rings is 2. The van der Waals surface area contributed by atoms with Crippen LogP contribution in [0.1, 0.15) is 11.9 Å². The maximum atomic E-state index is 12.9. The number of carbonyl (C=O) groups excluding carboxylic acids is 1. The lowest BCUT2D eigenvalue weighted by Gasteiger charge is -2.02. The van der Waals surface area contributed by atoms with Crippen molar-refractivity contribution in [3.63, 3.8) is 0 Å². The minimum atomic E-state index is -0.419. The molecule has 0 amide bonds. The summed E-state index contributed by atoms with van der Waals surface area (Å²) in [6, 6.07) is 15.4. The molecule has 0 bridgehead atoms. The summed E-state index contributed by atoms with van der Waals surface area (Å²) < 4.78 is 9.21. The summed E-state index contributed by atoms with van der Waals surface area (Å²) in [6.07, 6.45) is 0. The van der Waals surface area contributed by atoms with Crippen LogP contribution >= 0.6 is 11.3 Å². The number of esters is 1. The van der Waals surface area contributed by atoms with Crippen molar-refractivity contribution in [1.29, 1.82) is 0 Å². The van der Waals surface area contributed by atoms with Crippen LogP contribution in [0.2, 0.25) is 0 Å². The number of carbonyl (C=O) groups is 1. The monoisotopic (exact) mass is 367 g/mol. The fraction of sp³-hybridized carbons (Fsp3) is 0.211. The Balaban J connectivity index is 1.78. The van der Waals surface area contributed by atoms with E-state index >= 15 is 0 Å². The summed E-state index contributed by atoms with van der Waals surface area (Å²) in [5.74, 6) is -0.419. The Morgan fingerprint density at radius 3 is 2.50 bits per heavy atom. The lowest BCUT2D eigenvalue weighted by Crippen LogP contribution is -2.28. The number of imidazole rings is 1. The molecule has 0 aliphatic heterocycles. The van der Waals surface area contributed by atoms with Gasteiger partial charge in [-0.25, -0.2) is 9.78 Å². The highest BCUT2D eigenvalue weighted by Crippen LogP contribution is 2.23. The molecule has 4 aromatic rings. The van der Waals surface area contributed by atoms with Gasteiger partial charge in [0.1, 0.15) is 11.6 Å². The third-order valence-corrected chi connectivity index (χ3v) is 5.17. The molecule has 0 aliphatic rings. The fourth-order valence-electron chi connectivity index (χ4n) is 3.04. The second kappa shape index (κ2) is 6.76. The van der Waals surface area contributed by atoms with E-state index in [4.69, 9.17) is 4.74 Å². The highest BCUT2D eigenvalue weighted by molar-refractivity contribution is 7.18. The molecule has 6 nitrogen and oxygen atoms in total. The molecule has 0 aliphatic carbocycles. The summed E-state index contributed by atoms with van der Waals surface area (Å²) in [5.41, 5.74) is 2.18. The average Bonchev–Trinajstić information content (AvgIpc) is 3.16. The molecule has 0 saturated carbocycles. The normalized spacial score (nSPS) is 11.3. The predicted octanol–water partition coefficient (Wildman–Crippen LogP) is 3.02. The quantitative estimate of drug-likeness (QED) is 0.509. The number of hydrogen-bond donors (Lipinski definition) is 0. The molecule has 0 unspecified atom stereocenters. The molecule has 132 valence electrons. The van der Waals surface area contributed by atoms with Gasteiger partial charge in [0.15, 0.2) is 0 Å². The Bertz CT molecular complexity index is 1120. The molecule has 0 saturated heterocycles. The van der Waals surface area contributed by atoms with E-state index in [9.17, 15) is 9.59 Å². The summed E-state index contributed by atoms with van der Waals surface area (Å²) >= 11 is 1.57. The Kier molecular flexibility index (Phi) is 4.30. The number of thiazole rings is 1. The number of nitrogens with zero attached hydrogens (tertiary/aromatic N) is 3. The van der Waals surface area contributed by atoms with E-state index in [1.807, 2.05) is 48.5 Å². The van der Waals surface area contributed by atoms with Crippen LogP contribution in [0.15, 0.2) is 53.3 Å². The number of fused-ring (bicyclic) bond motifs is 2. The van der Waals surface area contributed by atoms with Crippen molar-refractivity contribution in [1.82, 2.24) is 14.1 Å². The lowest BCUT2D eigenvalue weighted by atomic mass is 10.3. The second-order valence-corrected chi connectivity index (χ2v) is 6.94. The van der Waals surface area contributed by atoms with Gasteiger partial charge in [-0.1, -0.05) is 24.3 Å². The summed E-state index contributed by atoms with van der Waals surface area (Å²) in [7, 11) is 0. The maximum absolute atomic E-state index is 12.9. The van der Waals surface area contributed by atoms with Gasteiger partial charge in [-0.3, -0.25) is 13.9 Å². The second-order valence-electron chi connectivity index (χ2n) is 5.82. The van der Waals surface area contributed by atoms with Crippen LogP contribution in [0.25, 0.3) is 21.3 Å². The number of ether oxygens (including phenoxy) is 1. The minimum Gasteiger partial charge on any atom is -0.465 e. The summed E-state index contributed by atoms with van der Waals surface area (Å²) in [6.45, 7) is 2.31. The van der Waals surface area contributed by atoms with Gasteiger partial charge in [0.25, 0.3) is 0 Å². The zero-order chi connectivity index (χ0) is 18.1. The van der Waals surface area contributed by atoms with E-state index in [1.54, 1.807) is 22.8 Å². The predicted molar refractivity (Wildman–Crippen MR) is 102 cm³/mol. The Labute approximate surface area is 153 Å². The van der Waals surface area contributed by atoms with Crippen LogP contribution < -0.4 is 5.69 Å². The van der Waals surface area contributed by atoms with Gasteiger partial charge in [0, 0.05) is 0 Å². The summed E-state index contributed by atoms with van der Waals surface area (Å²) in [5, 5.41) is 0.854. The first-order valence-electron chi connectivity index (χ1n) is 8.35. The van der Waals surface area contributed by atoms with Gasteiger partial charge < -0.3 is 4.74 Å². The van der Waals surface area contributed by atoms with Crippen molar-refractivity contribution in [2.45, 2.75) is 20.0 Å². The molecule has 2 heterocycles. The van der Waals surface area contributed by atoms with Gasteiger partial charge >= 0.3 is 11.7 Å². The smallest absolute Gasteiger partial charge is 0.330 e. The molecule has 0 atom stereocenters. The standard InChI is InChI=1S/C19H17N3O3S/c1-2-25-18(23)12-22-15-9-5-4-8-14(15)21(19(22)24)11-17-20-13-7-3-6-10-16(13)26-17/h3-10H,2,11-12H2,1H3. The SMILES string of the molecule is CCOC(=O)Cn1c(=O)n(Cc2nc3ccccc3s2)c2ccccc21. The van der Waals surface area contributed by atoms with Gasteiger partial charge in [-0.2, -0.15) is 0 Å². The number of aromatic nitrogens is 3. The Morgan fingerprint density at radius 1 is 1.08 bits per heavy atom. The van der Waals surface area contributed by atoms with E-state index in [0.29, 0.717) is 12.1 Å². The van der Waals surface area contributed by atoms with Crippen LogP contribution in [0, 0.1) is 0 Å². The molecule has 0 N–H and O–H groups in total. The van der Waals surface area contributed by atoms with Crippen LogP contribution in [-0.4, -0.2) is 26.7 Å². The molecule has 2 aromatic carbocycles. The van der Waals surface area contributed by atoms with Crippen LogP contribution in [-0.2, 0) is 22.6 Å². The fourth-order valence-corrected chi connectivity index (χ4v) is 3.99. The molecule has 0 radical (unpaired) electrons. The first-order chi connectivity index (χ1) is 12.7. The first kappa shape index (κ1) is 16.5. The Hall–Kier alpha value is -2.93. The van der Waals surface area contributed by atoms with E-state index in [-0.39, 0.29) is 18.8 Å². The number of para-hydroxylation sites is 3. The van der Waals surface area contributed by atoms with Crippen molar-refractivity contribution in [3.8, 4) is 0 Å². The lowest BCUT2D eigenvalue weighted by molar-refractivity contribution is -0.143. The van der Waals surface area contributed by atoms with Gasteiger partial charge in [0.05, 0.1) is 34.4 Å². The molecule has 2 aromatic heterocycles. The molecule has 7 heteroatoms. The Morgan fingerprint density at radius 2 is 1.77 bits per heavy atom. The van der Waals surface area contributed by atoms with Crippen molar-refractivity contribution in [3.05, 3.63) is 64.0 Å². The van der Waals surface area contributed by atoms with Gasteiger partial charge in [0.2, 0.25) is 0 Å². The van der Waals surface area contributed by atoms with Crippen LogP contribution in [0.4, 0.5) is 0 Å². The van der Waals surface area contributed by atoms with E-state index in [1.165, 1.54) is 4.57 Å². The van der Waals surface area contributed by atoms with Gasteiger partial charge in [-0.05, 0) is 31.2 Å². The van der Waals surface area contributed by atoms with Crippen LogP contribution in [0.3, 0.4) is 0 Å². The third-order valence-electron chi connectivity index (χ3n) is 4.15. The minimum absolute atomic E-state index is 0.0972. The molecule has 0 fully saturated rings. The van der Waals surface area contributed by atoms with E-state index in [2.05, 4.69) is 4.98 Å². The van der Waals surface area contributed by atoms with Gasteiger partial charge in [-0.15, -0.1) is 11.3 Å². The van der Waals surface area contributed by atoms with Crippen molar-refractivity contribution in [2.24, 2.45) is 0 Å². The molecule has 4 rings (SSSR count). The van der Waals surface area contributed by atoms with Crippen molar-refractivity contribution in [2.75, 3.05) is 6.61 Å².